The van der Waals surface area contributed by atoms with Crippen molar-refractivity contribution in [1.82, 2.24) is 10.6 Å². The Labute approximate surface area is 99.7 Å². The van der Waals surface area contributed by atoms with E-state index in [0.29, 0.717) is 0 Å². The molecule has 98 valence electrons. The second-order valence-electron chi connectivity index (χ2n) is 4.57. The molecule has 0 heterocycles. The van der Waals surface area contributed by atoms with E-state index in [9.17, 15) is 14.4 Å². The molecule has 7 heteroatoms. The first-order valence-electron chi connectivity index (χ1n) is 5.21. The fraction of sp³-hybridized carbons (Fsp3) is 0.700. The van der Waals surface area contributed by atoms with Crippen LogP contribution in [0.5, 0.6) is 0 Å². The summed E-state index contributed by atoms with van der Waals surface area (Å²) in [4.78, 5) is 32.7. The van der Waals surface area contributed by atoms with Crippen LogP contribution in [0.1, 0.15) is 27.2 Å². The van der Waals surface area contributed by atoms with Crippen molar-refractivity contribution in [3.8, 4) is 0 Å². The highest BCUT2D eigenvalue weighted by Gasteiger charge is 2.25. The fourth-order valence-corrected chi connectivity index (χ4v) is 0.976. The third-order valence-electron chi connectivity index (χ3n) is 2.22. The Morgan fingerprint density at radius 2 is 1.88 bits per heavy atom. The average Bonchev–Trinajstić information content (AvgIpc) is 2.13. The lowest BCUT2D eigenvalue weighted by atomic mass is 9.93. The highest BCUT2D eigenvalue weighted by atomic mass is 16.4. The van der Waals surface area contributed by atoms with Crippen molar-refractivity contribution in [2.45, 2.75) is 33.2 Å². The number of hydrogen-bond acceptors (Lipinski definition) is 3. The number of carboxylic acid groups (broad SMARTS) is 1. The molecule has 0 spiro atoms. The maximum Gasteiger partial charge on any atom is 0.315 e. The number of nitrogens with two attached hydrogens (primary N) is 1. The minimum atomic E-state index is -0.990. The highest BCUT2D eigenvalue weighted by Crippen LogP contribution is 2.11. The largest absolute Gasteiger partial charge is 0.481 e. The summed E-state index contributed by atoms with van der Waals surface area (Å²) < 4.78 is 0. The van der Waals surface area contributed by atoms with E-state index in [4.69, 9.17) is 10.8 Å². The Balaban J connectivity index is 4.04. The number of urea groups is 1. The van der Waals surface area contributed by atoms with Gasteiger partial charge in [-0.1, -0.05) is 0 Å². The van der Waals surface area contributed by atoms with Crippen LogP contribution < -0.4 is 16.4 Å². The van der Waals surface area contributed by atoms with Crippen LogP contribution in [-0.4, -0.2) is 35.6 Å². The molecular weight excluding hydrogens is 226 g/mol. The molecule has 0 aliphatic carbocycles. The van der Waals surface area contributed by atoms with Gasteiger partial charge in [0, 0.05) is 12.6 Å². The van der Waals surface area contributed by atoms with Crippen LogP contribution in [0.25, 0.3) is 0 Å². The maximum atomic E-state index is 11.3. The van der Waals surface area contributed by atoms with Crippen LogP contribution in [0.2, 0.25) is 0 Å². The van der Waals surface area contributed by atoms with Gasteiger partial charge >= 0.3 is 12.0 Å². The summed E-state index contributed by atoms with van der Waals surface area (Å²) in [5.74, 6) is -1.51. The first-order valence-corrected chi connectivity index (χ1v) is 5.21. The Hall–Kier alpha value is -1.79. The highest BCUT2D eigenvalue weighted by molar-refractivity contribution is 5.81. The number of primary amides is 1. The minimum Gasteiger partial charge on any atom is -0.481 e. The molecule has 7 nitrogen and oxygen atoms in total. The number of amides is 3. The molecule has 5 N–H and O–H groups in total. The summed E-state index contributed by atoms with van der Waals surface area (Å²) in [6.07, 6.45) is -0.160. The Bertz CT molecular complexity index is 315. The number of carbonyl (C=O) groups is 3. The molecular formula is C10H19N3O4. The summed E-state index contributed by atoms with van der Waals surface area (Å²) in [7, 11) is 0. The van der Waals surface area contributed by atoms with Crippen LogP contribution in [-0.2, 0) is 9.59 Å². The second kappa shape index (κ2) is 6.07. The molecule has 0 aliphatic rings. The van der Waals surface area contributed by atoms with Gasteiger partial charge in [-0.3, -0.25) is 9.59 Å². The lowest BCUT2D eigenvalue weighted by molar-refractivity contribution is -0.137. The molecule has 3 amide bonds. The molecule has 0 bridgehead atoms. The number of hydrogen-bond donors (Lipinski definition) is 4. The van der Waals surface area contributed by atoms with Gasteiger partial charge in [0.05, 0.1) is 11.8 Å². The van der Waals surface area contributed by atoms with E-state index in [0.717, 1.165) is 0 Å². The number of carboxylic acids is 1. The number of nitrogens with one attached hydrogen (secondary N) is 2. The van der Waals surface area contributed by atoms with Gasteiger partial charge in [0.15, 0.2) is 0 Å². The standard InChI is InChI=1S/C10H19N3O4/c1-6(4-7(14)15)13-9(17)12-5-10(2,3)8(11)16/h6H,4-5H2,1-3H3,(H2,11,16)(H,14,15)(H2,12,13,17). The van der Waals surface area contributed by atoms with Gasteiger partial charge in [-0.05, 0) is 20.8 Å². The van der Waals surface area contributed by atoms with Crippen molar-refractivity contribution in [2.24, 2.45) is 11.1 Å². The molecule has 0 radical (unpaired) electrons. The fourth-order valence-electron chi connectivity index (χ4n) is 0.976. The van der Waals surface area contributed by atoms with E-state index >= 15 is 0 Å². The van der Waals surface area contributed by atoms with Crippen LogP contribution >= 0.6 is 0 Å². The first-order chi connectivity index (χ1) is 7.65. The number of aliphatic carboxylic acids is 1. The van der Waals surface area contributed by atoms with Crippen molar-refractivity contribution in [2.75, 3.05) is 6.54 Å². The normalized spacial score (nSPS) is 12.6. The molecule has 1 unspecified atom stereocenters. The lowest BCUT2D eigenvalue weighted by Crippen LogP contribution is -2.47. The monoisotopic (exact) mass is 245 g/mol. The molecule has 0 rings (SSSR count). The Kier molecular flexibility index (Phi) is 5.43. The van der Waals surface area contributed by atoms with Gasteiger partial charge < -0.3 is 21.5 Å². The van der Waals surface area contributed by atoms with E-state index in [1.165, 1.54) is 0 Å². The molecule has 0 aromatic carbocycles. The Morgan fingerprint density at radius 3 is 2.29 bits per heavy atom. The van der Waals surface area contributed by atoms with Gasteiger partial charge in [0.25, 0.3) is 0 Å². The summed E-state index contributed by atoms with van der Waals surface area (Å²) in [6.45, 7) is 4.88. The average molecular weight is 245 g/mol. The smallest absolute Gasteiger partial charge is 0.315 e. The minimum absolute atomic E-state index is 0.0912. The van der Waals surface area contributed by atoms with Crippen LogP contribution in [0.15, 0.2) is 0 Å². The lowest BCUT2D eigenvalue weighted by Gasteiger charge is -2.21. The van der Waals surface area contributed by atoms with Gasteiger partial charge in [-0.2, -0.15) is 0 Å². The number of rotatable bonds is 6. The maximum absolute atomic E-state index is 11.3. The van der Waals surface area contributed by atoms with E-state index < -0.39 is 29.4 Å². The van der Waals surface area contributed by atoms with Crippen LogP contribution in [0.3, 0.4) is 0 Å². The third-order valence-corrected chi connectivity index (χ3v) is 2.22. The van der Waals surface area contributed by atoms with E-state index in [1.807, 2.05) is 0 Å². The van der Waals surface area contributed by atoms with Gasteiger partial charge in [0.2, 0.25) is 5.91 Å². The Morgan fingerprint density at radius 1 is 1.35 bits per heavy atom. The van der Waals surface area contributed by atoms with Crippen LogP contribution in [0, 0.1) is 5.41 Å². The van der Waals surface area contributed by atoms with E-state index in [1.54, 1.807) is 20.8 Å². The molecule has 1 atom stereocenters. The first kappa shape index (κ1) is 15.2. The predicted octanol–water partition coefficient (Wildman–Crippen LogP) is -0.340. The van der Waals surface area contributed by atoms with E-state index in [2.05, 4.69) is 10.6 Å². The van der Waals surface area contributed by atoms with Crippen molar-refractivity contribution in [1.29, 1.82) is 0 Å². The van der Waals surface area contributed by atoms with Crippen molar-refractivity contribution < 1.29 is 19.5 Å². The molecule has 17 heavy (non-hydrogen) atoms. The summed E-state index contributed by atoms with van der Waals surface area (Å²) >= 11 is 0. The van der Waals surface area contributed by atoms with Crippen molar-refractivity contribution in [3.05, 3.63) is 0 Å². The molecule has 0 fully saturated rings. The molecule has 0 saturated heterocycles. The van der Waals surface area contributed by atoms with Crippen molar-refractivity contribution >= 4 is 17.9 Å². The summed E-state index contributed by atoms with van der Waals surface area (Å²) in [5, 5.41) is 13.4. The quantitative estimate of drug-likeness (QED) is 0.511. The zero-order valence-electron chi connectivity index (χ0n) is 10.2. The van der Waals surface area contributed by atoms with Gasteiger partial charge in [0.1, 0.15) is 0 Å². The molecule has 0 aliphatic heterocycles. The van der Waals surface area contributed by atoms with Gasteiger partial charge in [-0.15, -0.1) is 0 Å². The van der Waals surface area contributed by atoms with Gasteiger partial charge in [-0.25, -0.2) is 4.79 Å². The SMILES string of the molecule is CC(CC(=O)O)NC(=O)NCC(C)(C)C(N)=O. The number of carbonyl (C=O) groups excluding carboxylic acids is 2. The zero-order chi connectivity index (χ0) is 13.6. The third kappa shape index (κ3) is 6.39. The predicted molar refractivity (Wildman–Crippen MR) is 61.2 cm³/mol. The second-order valence-corrected chi connectivity index (χ2v) is 4.57. The topological polar surface area (TPSA) is 122 Å². The molecule has 0 aromatic heterocycles. The van der Waals surface area contributed by atoms with E-state index in [-0.39, 0.29) is 13.0 Å². The van der Waals surface area contributed by atoms with Crippen molar-refractivity contribution in [3.63, 3.8) is 0 Å². The van der Waals surface area contributed by atoms with Crippen LogP contribution in [0.4, 0.5) is 4.79 Å². The molecule has 0 aromatic rings. The summed E-state index contributed by atoms with van der Waals surface area (Å²) in [5.41, 5.74) is 4.30. The summed E-state index contributed by atoms with van der Waals surface area (Å²) in [6, 6.07) is -1.00. The zero-order valence-corrected chi connectivity index (χ0v) is 10.2. The molecule has 0 saturated carbocycles.